The summed E-state index contributed by atoms with van der Waals surface area (Å²) in [5, 5.41) is 4.29. The van der Waals surface area contributed by atoms with Crippen LogP contribution >= 0.6 is 11.6 Å². The van der Waals surface area contributed by atoms with Crippen molar-refractivity contribution in [2.24, 2.45) is 11.8 Å². The number of ether oxygens (including phenoxy) is 1. The highest BCUT2D eigenvalue weighted by atomic mass is 35.5. The maximum absolute atomic E-state index is 6.24. The Bertz CT molecular complexity index is 379. The van der Waals surface area contributed by atoms with E-state index in [1.54, 1.807) is 0 Å². The predicted octanol–water partition coefficient (Wildman–Crippen LogP) is 3.53. The molecule has 1 atom stereocenters. The summed E-state index contributed by atoms with van der Waals surface area (Å²) in [6.45, 7) is 5.89. The fraction of sp³-hybridized carbons (Fsp3) is 0.625. The normalized spacial score (nSPS) is 16.5. The van der Waals surface area contributed by atoms with Crippen LogP contribution in [0.2, 0.25) is 5.02 Å². The summed E-state index contributed by atoms with van der Waals surface area (Å²) in [5.41, 5.74) is 1.22. The van der Waals surface area contributed by atoms with E-state index in [0.29, 0.717) is 5.92 Å². The zero-order chi connectivity index (χ0) is 13.5. The molecule has 1 aromatic carbocycles. The van der Waals surface area contributed by atoms with Gasteiger partial charge in [-0.2, -0.15) is 0 Å². The van der Waals surface area contributed by atoms with Gasteiger partial charge in [0.15, 0.2) is 0 Å². The van der Waals surface area contributed by atoms with Crippen LogP contribution in [0.4, 0.5) is 0 Å². The van der Waals surface area contributed by atoms with Gasteiger partial charge in [-0.05, 0) is 49.3 Å². The molecule has 0 spiro atoms. The first-order valence-electron chi connectivity index (χ1n) is 7.31. The Labute approximate surface area is 121 Å². The van der Waals surface area contributed by atoms with Crippen molar-refractivity contribution in [1.29, 1.82) is 0 Å². The SMILES string of the molecule is CCNCC(COCC1CC1)Cc1ccccc1Cl. The molecule has 1 aromatic rings. The van der Waals surface area contributed by atoms with E-state index in [9.17, 15) is 0 Å². The van der Waals surface area contributed by atoms with Crippen LogP contribution in [0.5, 0.6) is 0 Å². The standard InChI is InChI=1S/C16H24ClNO/c1-2-18-10-14(12-19-11-13-7-8-13)9-15-5-3-4-6-16(15)17/h3-6,13-14,18H,2,7-12H2,1H3. The minimum Gasteiger partial charge on any atom is -0.381 e. The first kappa shape index (κ1) is 14.8. The van der Waals surface area contributed by atoms with Crippen LogP contribution < -0.4 is 5.32 Å². The second-order valence-corrected chi connectivity index (χ2v) is 5.86. The van der Waals surface area contributed by atoms with Crippen LogP contribution in [0.15, 0.2) is 24.3 Å². The van der Waals surface area contributed by atoms with E-state index in [4.69, 9.17) is 16.3 Å². The smallest absolute Gasteiger partial charge is 0.0509 e. The number of halogens is 1. The molecule has 0 radical (unpaired) electrons. The van der Waals surface area contributed by atoms with Crippen molar-refractivity contribution < 1.29 is 4.74 Å². The number of hydrogen-bond donors (Lipinski definition) is 1. The molecule has 0 saturated heterocycles. The molecule has 1 N–H and O–H groups in total. The molecule has 1 aliphatic carbocycles. The maximum atomic E-state index is 6.24. The molecule has 1 saturated carbocycles. The zero-order valence-electron chi connectivity index (χ0n) is 11.7. The van der Waals surface area contributed by atoms with Crippen molar-refractivity contribution in [3.63, 3.8) is 0 Å². The van der Waals surface area contributed by atoms with Gasteiger partial charge in [0.05, 0.1) is 6.61 Å². The first-order chi connectivity index (χ1) is 9.29. The predicted molar refractivity (Wildman–Crippen MR) is 80.7 cm³/mol. The maximum Gasteiger partial charge on any atom is 0.0509 e. The Morgan fingerprint density at radius 3 is 2.84 bits per heavy atom. The third kappa shape index (κ3) is 5.52. The van der Waals surface area contributed by atoms with Crippen molar-refractivity contribution in [3.8, 4) is 0 Å². The molecular weight excluding hydrogens is 258 g/mol. The number of benzene rings is 1. The monoisotopic (exact) mass is 281 g/mol. The van der Waals surface area contributed by atoms with E-state index in [1.165, 1.54) is 18.4 Å². The van der Waals surface area contributed by atoms with E-state index in [-0.39, 0.29) is 0 Å². The lowest BCUT2D eigenvalue weighted by Gasteiger charge is -2.18. The third-order valence-corrected chi connectivity index (χ3v) is 3.92. The Balaban J connectivity index is 1.82. The summed E-state index contributed by atoms with van der Waals surface area (Å²) in [6.07, 6.45) is 3.68. The lowest BCUT2D eigenvalue weighted by molar-refractivity contribution is 0.0909. The van der Waals surface area contributed by atoms with Crippen molar-refractivity contribution in [2.75, 3.05) is 26.3 Å². The van der Waals surface area contributed by atoms with Gasteiger partial charge in [0.25, 0.3) is 0 Å². The van der Waals surface area contributed by atoms with E-state index >= 15 is 0 Å². The summed E-state index contributed by atoms with van der Waals surface area (Å²) in [4.78, 5) is 0. The lowest BCUT2D eigenvalue weighted by atomic mass is 10.00. The van der Waals surface area contributed by atoms with E-state index in [0.717, 1.165) is 43.7 Å². The van der Waals surface area contributed by atoms with Gasteiger partial charge < -0.3 is 10.1 Å². The van der Waals surface area contributed by atoms with Crippen molar-refractivity contribution >= 4 is 11.6 Å². The highest BCUT2D eigenvalue weighted by molar-refractivity contribution is 6.31. The molecule has 2 nitrogen and oxygen atoms in total. The number of rotatable bonds is 9. The molecule has 1 unspecified atom stereocenters. The Morgan fingerprint density at radius 1 is 1.37 bits per heavy atom. The fourth-order valence-corrected chi connectivity index (χ4v) is 2.41. The highest BCUT2D eigenvalue weighted by Crippen LogP contribution is 2.29. The summed E-state index contributed by atoms with van der Waals surface area (Å²) >= 11 is 6.24. The largest absolute Gasteiger partial charge is 0.381 e. The summed E-state index contributed by atoms with van der Waals surface area (Å²) < 4.78 is 5.85. The quantitative estimate of drug-likeness (QED) is 0.748. The van der Waals surface area contributed by atoms with Gasteiger partial charge in [-0.1, -0.05) is 36.7 Å². The minimum absolute atomic E-state index is 0.499. The first-order valence-corrected chi connectivity index (χ1v) is 7.69. The third-order valence-electron chi connectivity index (χ3n) is 3.55. The fourth-order valence-electron chi connectivity index (χ4n) is 2.20. The molecule has 0 amide bonds. The molecule has 0 bridgehead atoms. The van der Waals surface area contributed by atoms with Crippen LogP contribution in [-0.4, -0.2) is 26.3 Å². The molecule has 0 aromatic heterocycles. The lowest BCUT2D eigenvalue weighted by Crippen LogP contribution is -2.28. The molecule has 1 fully saturated rings. The van der Waals surface area contributed by atoms with Gasteiger partial charge >= 0.3 is 0 Å². The second-order valence-electron chi connectivity index (χ2n) is 5.45. The molecule has 0 aliphatic heterocycles. The summed E-state index contributed by atoms with van der Waals surface area (Å²) in [7, 11) is 0. The molecule has 19 heavy (non-hydrogen) atoms. The van der Waals surface area contributed by atoms with Gasteiger partial charge in [-0.15, -0.1) is 0 Å². The average Bonchev–Trinajstić information content (AvgIpc) is 3.22. The van der Waals surface area contributed by atoms with Crippen LogP contribution in [0.25, 0.3) is 0 Å². The molecule has 106 valence electrons. The Hall–Kier alpha value is -0.570. The Morgan fingerprint density at radius 2 is 2.16 bits per heavy atom. The van der Waals surface area contributed by atoms with E-state index in [2.05, 4.69) is 24.4 Å². The highest BCUT2D eigenvalue weighted by Gasteiger charge is 2.22. The second kappa shape index (κ2) is 7.88. The number of hydrogen-bond acceptors (Lipinski definition) is 2. The van der Waals surface area contributed by atoms with Crippen molar-refractivity contribution in [3.05, 3.63) is 34.9 Å². The van der Waals surface area contributed by atoms with Crippen molar-refractivity contribution in [2.45, 2.75) is 26.2 Å². The average molecular weight is 282 g/mol. The van der Waals surface area contributed by atoms with Crippen LogP contribution in [0, 0.1) is 11.8 Å². The van der Waals surface area contributed by atoms with Gasteiger partial charge in [-0.25, -0.2) is 0 Å². The van der Waals surface area contributed by atoms with Gasteiger partial charge in [0.2, 0.25) is 0 Å². The summed E-state index contributed by atoms with van der Waals surface area (Å²) in [6, 6.07) is 8.11. The van der Waals surface area contributed by atoms with Gasteiger partial charge in [0.1, 0.15) is 0 Å². The number of nitrogens with one attached hydrogen (secondary N) is 1. The molecule has 3 heteroatoms. The molecular formula is C16H24ClNO. The van der Waals surface area contributed by atoms with E-state index < -0.39 is 0 Å². The molecule has 1 aliphatic rings. The van der Waals surface area contributed by atoms with E-state index in [1.807, 2.05) is 12.1 Å². The van der Waals surface area contributed by atoms with Gasteiger partial charge in [0, 0.05) is 18.2 Å². The van der Waals surface area contributed by atoms with Crippen molar-refractivity contribution in [1.82, 2.24) is 5.32 Å². The topological polar surface area (TPSA) is 21.3 Å². The summed E-state index contributed by atoms with van der Waals surface area (Å²) in [5.74, 6) is 1.33. The van der Waals surface area contributed by atoms with Gasteiger partial charge in [-0.3, -0.25) is 0 Å². The minimum atomic E-state index is 0.499. The van der Waals surface area contributed by atoms with Crippen LogP contribution in [0.1, 0.15) is 25.3 Å². The van der Waals surface area contributed by atoms with Crippen LogP contribution in [0.3, 0.4) is 0 Å². The Kier molecular flexibility index (Phi) is 6.15. The molecule has 0 heterocycles. The van der Waals surface area contributed by atoms with Crippen LogP contribution in [-0.2, 0) is 11.2 Å². The zero-order valence-corrected chi connectivity index (χ0v) is 12.5. The molecule has 2 rings (SSSR count).